The van der Waals surface area contributed by atoms with Gasteiger partial charge in [-0.15, -0.1) is 0 Å². The van der Waals surface area contributed by atoms with Gasteiger partial charge in [-0.2, -0.15) is 0 Å². The van der Waals surface area contributed by atoms with Gasteiger partial charge in [0.15, 0.2) is 0 Å². The van der Waals surface area contributed by atoms with Gasteiger partial charge in [-0.1, -0.05) is 32.0 Å². The maximum absolute atomic E-state index is 5.99. The second-order valence-electron chi connectivity index (χ2n) is 6.37. The molecule has 0 amide bonds. The van der Waals surface area contributed by atoms with Crippen LogP contribution in [0.25, 0.3) is 0 Å². The number of ether oxygens (including phenoxy) is 1. The third kappa shape index (κ3) is 5.68. The highest BCUT2D eigenvalue weighted by atomic mass is 16.5. The molecule has 1 aliphatic rings. The van der Waals surface area contributed by atoms with Crippen LogP contribution in [0.4, 0.5) is 0 Å². The molecule has 3 nitrogen and oxygen atoms in total. The topological polar surface area (TPSA) is 24.5 Å². The van der Waals surface area contributed by atoms with Crippen LogP contribution in [0.3, 0.4) is 0 Å². The summed E-state index contributed by atoms with van der Waals surface area (Å²) in [6.45, 7) is 9.45. The molecule has 1 aliphatic carbocycles. The molecule has 2 atom stereocenters. The number of hydrogen-bond donors (Lipinski definition) is 1. The minimum atomic E-state index is 0.766. The van der Waals surface area contributed by atoms with Crippen LogP contribution in [-0.2, 0) is 6.54 Å². The average molecular weight is 290 g/mol. The number of nitrogens with zero attached hydrogens (tertiary/aromatic N) is 1. The van der Waals surface area contributed by atoms with E-state index in [1.54, 1.807) is 0 Å². The Kier molecular flexibility index (Phi) is 6.52. The summed E-state index contributed by atoms with van der Waals surface area (Å²) in [6, 6.07) is 8.35. The molecule has 118 valence electrons. The SMILES string of the molecule is CCCNCc1ccccc1OCCN(C)CC1CC1C. The molecule has 21 heavy (non-hydrogen) atoms. The molecule has 0 spiro atoms. The van der Waals surface area contributed by atoms with Crippen molar-refractivity contribution in [3.8, 4) is 5.75 Å². The molecule has 1 N–H and O–H groups in total. The lowest BCUT2D eigenvalue weighted by Crippen LogP contribution is -2.27. The summed E-state index contributed by atoms with van der Waals surface area (Å²) >= 11 is 0. The standard InChI is InChI=1S/C18H30N2O/c1-4-9-19-13-16-7-5-6-8-18(16)21-11-10-20(3)14-17-12-15(17)2/h5-8,15,17,19H,4,9-14H2,1-3H3. The van der Waals surface area contributed by atoms with Crippen LogP contribution >= 0.6 is 0 Å². The van der Waals surface area contributed by atoms with Crippen LogP contribution in [0.1, 0.15) is 32.3 Å². The zero-order valence-electron chi connectivity index (χ0n) is 13.8. The Morgan fingerprint density at radius 1 is 1.33 bits per heavy atom. The van der Waals surface area contributed by atoms with Crippen molar-refractivity contribution in [2.75, 3.05) is 33.3 Å². The Bertz CT molecular complexity index is 421. The van der Waals surface area contributed by atoms with Crippen molar-refractivity contribution in [1.29, 1.82) is 0 Å². The highest BCUT2D eigenvalue weighted by Crippen LogP contribution is 2.37. The van der Waals surface area contributed by atoms with Gasteiger partial charge in [0.25, 0.3) is 0 Å². The van der Waals surface area contributed by atoms with E-state index in [0.717, 1.165) is 50.2 Å². The molecule has 1 aromatic carbocycles. The predicted molar refractivity (Wildman–Crippen MR) is 88.7 cm³/mol. The van der Waals surface area contributed by atoms with Crippen LogP contribution < -0.4 is 10.1 Å². The lowest BCUT2D eigenvalue weighted by molar-refractivity contribution is 0.229. The highest BCUT2D eigenvalue weighted by molar-refractivity contribution is 5.33. The van der Waals surface area contributed by atoms with E-state index >= 15 is 0 Å². The molecular weight excluding hydrogens is 260 g/mol. The number of nitrogens with one attached hydrogen (secondary N) is 1. The lowest BCUT2D eigenvalue weighted by Gasteiger charge is -2.18. The largest absolute Gasteiger partial charge is 0.492 e. The molecule has 2 rings (SSSR count). The van der Waals surface area contributed by atoms with Crippen molar-refractivity contribution >= 4 is 0 Å². The number of para-hydroxylation sites is 1. The predicted octanol–water partition coefficient (Wildman–Crippen LogP) is 3.15. The van der Waals surface area contributed by atoms with E-state index in [0.29, 0.717) is 0 Å². The highest BCUT2D eigenvalue weighted by Gasteiger charge is 2.32. The molecule has 1 aromatic rings. The monoisotopic (exact) mass is 290 g/mol. The van der Waals surface area contributed by atoms with Crippen LogP contribution in [0, 0.1) is 11.8 Å². The molecule has 0 aliphatic heterocycles. The summed E-state index contributed by atoms with van der Waals surface area (Å²) in [7, 11) is 2.20. The van der Waals surface area contributed by atoms with Crippen molar-refractivity contribution in [2.45, 2.75) is 33.2 Å². The zero-order valence-corrected chi connectivity index (χ0v) is 13.8. The van der Waals surface area contributed by atoms with Crippen LogP contribution in [0.15, 0.2) is 24.3 Å². The number of rotatable bonds is 10. The van der Waals surface area contributed by atoms with Gasteiger partial charge in [-0.05, 0) is 44.3 Å². The number of benzene rings is 1. The first kappa shape index (κ1) is 16.3. The van der Waals surface area contributed by atoms with Gasteiger partial charge in [0.2, 0.25) is 0 Å². The van der Waals surface area contributed by atoms with Gasteiger partial charge in [0.1, 0.15) is 12.4 Å². The summed E-state index contributed by atoms with van der Waals surface area (Å²) in [5, 5.41) is 3.44. The fourth-order valence-corrected chi connectivity index (χ4v) is 2.65. The maximum Gasteiger partial charge on any atom is 0.123 e. The molecule has 0 radical (unpaired) electrons. The van der Waals surface area contributed by atoms with E-state index < -0.39 is 0 Å². The lowest BCUT2D eigenvalue weighted by atomic mass is 10.2. The molecular formula is C18H30N2O. The molecule has 2 unspecified atom stereocenters. The van der Waals surface area contributed by atoms with E-state index in [4.69, 9.17) is 4.74 Å². The smallest absolute Gasteiger partial charge is 0.123 e. The minimum Gasteiger partial charge on any atom is -0.492 e. The molecule has 1 saturated carbocycles. The molecule has 0 saturated heterocycles. The third-order valence-electron chi connectivity index (χ3n) is 4.27. The van der Waals surface area contributed by atoms with Crippen molar-refractivity contribution in [2.24, 2.45) is 11.8 Å². The van der Waals surface area contributed by atoms with Crippen LogP contribution in [-0.4, -0.2) is 38.2 Å². The summed E-state index contributed by atoms with van der Waals surface area (Å²) in [4.78, 5) is 2.39. The average Bonchev–Trinajstić information content (AvgIpc) is 3.16. The van der Waals surface area contributed by atoms with Crippen LogP contribution in [0.2, 0.25) is 0 Å². The molecule has 0 aromatic heterocycles. The second kappa shape index (κ2) is 8.40. The van der Waals surface area contributed by atoms with Crippen LogP contribution in [0.5, 0.6) is 5.75 Å². The van der Waals surface area contributed by atoms with Gasteiger partial charge in [0, 0.05) is 25.2 Å². The van der Waals surface area contributed by atoms with Crippen molar-refractivity contribution in [3.63, 3.8) is 0 Å². The Morgan fingerprint density at radius 2 is 2.10 bits per heavy atom. The fourth-order valence-electron chi connectivity index (χ4n) is 2.65. The van der Waals surface area contributed by atoms with Gasteiger partial charge >= 0.3 is 0 Å². The first-order chi connectivity index (χ1) is 10.2. The Morgan fingerprint density at radius 3 is 2.81 bits per heavy atom. The summed E-state index contributed by atoms with van der Waals surface area (Å²) in [5.74, 6) is 2.87. The van der Waals surface area contributed by atoms with Gasteiger partial charge in [0.05, 0.1) is 0 Å². The van der Waals surface area contributed by atoms with E-state index in [1.165, 1.54) is 18.5 Å². The quantitative estimate of drug-likeness (QED) is 0.670. The maximum atomic E-state index is 5.99. The second-order valence-corrected chi connectivity index (χ2v) is 6.37. The molecule has 3 heteroatoms. The van der Waals surface area contributed by atoms with Gasteiger partial charge in [-0.25, -0.2) is 0 Å². The van der Waals surface area contributed by atoms with Crippen molar-refractivity contribution in [1.82, 2.24) is 10.2 Å². The Hall–Kier alpha value is -1.06. The normalized spacial score (nSPS) is 20.8. The van der Waals surface area contributed by atoms with Gasteiger partial charge < -0.3 is 15.0 Å². The minimum absolute atomic E-state index is 0.766. The van der Waals surface area contributed by atoms with E-state index in [2.05, 4.69) is 49.3 Å². The molecule has 0 bridgehead atoms. The Labute approximate surface area is 129 Å². The molecule has 0 heterocycles. The van der Waals surface area contributed by atoms with Gasteiger partial charge in [-0.3, -0.25) is 0 Å². The summed E-state index contributed by atoms with van der Waals surface area (Å²) in [6.07, 6.45) is 2.56. The molecule has 1 fully saturated rings. The van der Waals surface area contributed by atoms with Crippen molar-refractivity contribution < 1.29 is 4.74 Å². The van der Waals surface area contributed by atoms with E-state index in [-0.39, 0.29) is 0 Å². The number of hydrogen-bond acceptors (Lipinski definition) is 3. The summed E-state index contributed by atoms with van der Waals surface area (Å²) < 4.78 is 5.99. The third-order valence-corrected chi connectivity index (χ3v) is 4.27. The zero-order chi connectivity index (χ0) is 15.1. The first-order valence-electron chi connectivity index (χ1n) is 8.30. The first-order valence-corrected chi connectivity index (χ1v) is 8.30. The van der Waals surface area contributed by atoms with E-state index in [1.807, 2.05) is 6.07 Å². The summed E-state index contributed by atoms with van der Waals surface area (Å²) in [5.41, 5.74) is 1.25. The number of likely N-dealkylation sites (N-methyl/N-ethyl adjacent to an activating group) is 1. The van der Waals surface area contributed by atoms with Crippen molar-refractivity contribution in [3.05, 3.63) is 29.8 Å². The fraction of sp³-hybridized carbons (Fsp3) is 0.667. The Balaban J connectivity index is 1.71. The van der Waals surface area contributed by atoms with E-state index in [9.17, 15) is 0 Å².